The Balaban J connectivity index is 2.30. The highest BCUT2D eigenvalue weighted by atomic mass is 32.2. The lowest BCUT2D eigenvalue weighted by Crippen LogP contribution is -2.31. The summed E-state index contributed by atoms with van der Waals surface area (Å²) in [6.45, 7) is 10.6. The largest absolute Gasteiger partial charge is 0.772 e. The van der Waals surface area contributed by atoms with Crippen molar-refractivity contribution in [1.29, 1.82) is 0 Å². The van der Waals surface area contributed by atoms with Gasteiger partial charge in [0.05, 0.1) is 0 Å². The Morgan fingerprint density at radius 3 is 2.29 bits per heavy atom. The molecule has 1 aliphatic rings. The van der Waals surface area contributed by atoms with Gasteiger partial charge in [-0.3, -0.25) is 13.8 Å². The molecule has 2 rings (SSSR count). The minimum atomic E-state index is -2.13. The molecule has 6 atom stereocenters. The molecule has 0 bridgehead atoms. The lowest BCUT2D eigenvalue weighted by Gasteiger charge is -2.36. The van der Waals surface area contributed by atoms with Gasteiger partial charge < -0.3 is 10.3 Å². The minimum Gasteiger partial charge on any atom is -0.772 e. The van der Waals surface area contributed by atoms with E-state index in [9.17, 15) is 18.4 Å². The van der Waals surface area contributed by atoms with Gasteiger partial charge in [0.25, 0.3) is 0 Å². The van der Waals surface area contributed by atoms with E-state index >= 15 is 0 Å². The number of rotatable bonds is 17. The third-order valence-electron chi connectivity index (χ3n) is 8.33. The standard InChI is InChI=1S/C32H49NO4S/c1-6-8-9-10-11-12-14-31(38(36)37)25(13-7-2)19-23(4)24(5)32(28-20-26(33)16-15-22(28)3)29-21-27(34)17-18-30(29)35/h15-18,20-21,23-25,31-32H,6-14,19,33H2,1-5H3,(H,36,37)/p-1. The van der Waals surface area contributed by atoms with E-state index in [1.807, 2.05) is 25.1 Å². The van der Waals surface area contributed by atoms with E-state index in [0.29, 0.717) is 17.7 Å². The van der Waals surface area contributed by atoms with Crippen LogP contribution >= 0.6 is 0 Å². The van der Waals surface area contributed by atoms with Crippen molar-refractivity contribution >= 4 is 28.3 Å². The summed E-state index contributed by atoms with van der Waals surface area (Å²) < 4.78 is 24.8. The molecule has 1 aromatic rings. The van der Waals surface area contributed by atoms with Crippen LogP contribution in [0.25, 0.3) is 0 Å². The number of carbonyl (C=O) groups excluding carboxylic acids is 2. The lowest BCUT2D eigenvalue weighted by atomic mass is 9.70. The first-order chi connectivity index (χ1) is 18.1. The lowest BCUT2D eigenvalue weighted by molar-refractivity contribution is -0.114. The number of hydrogen-bond donors (Lipinski definition) is 1. The second kappa shape index (κ2) is 16.1. The molecular weight excluding hydrogens is 494 g/mol. The number of carbonyl (C=O) groups is 2. The Labute approximate surface area is 233 Å². The molecule has 0 saturated carbocycles. The molecule has 0 fully saturated rings. The Bertz CT molecular complexity index is 1010. The second-order valence-electron chi connectivity index (χ2n) is 11.3. The van der Waals surface area contributed by atoms with Gasteiger partial charge >= 0.3 is 0 Å². The quantitative estimate of drug-likeness (QED) is 0.0958. The summed E-state index contributed by atoms with van der Waals surface area (Å²) in [5.74, 6) is -0.446. The maximum Gasteiger partial charge on any atom is 0.182 e. The van der Waals surface area contributed by atoms with Crippen molar-refractivity contribution in [3.8, 4) is 0 Å². The molecule has 6 unspecified atom stereocenters. The molecular formula is C32H48NO4S-. The maximum atomic E-state index is 13.0. The molecule has 1 aliphatic carbocycles. The number of ketones is 2. The van der Waals surface area contributed by atoms with Crippen LogP contribution in [0.4, 0.5) is 5.69 Å². The SMILES string of the molecule is CCCCCCCCC(C(CCC)CC(C)C(C)C(C1=CC(=O)C=CC1=O)c1cc(N)ccc1C)S(=O)[O-]. The van der Waals surface area contributed by atoms with Gasteiger partial charge in [0.1, 0.15) is 0 Å². The summed E-state index contributed by atoms with van der Waals surface area (Å²) in [5, 5.41) is -0.358. The summed E-state index contributed by atoms with van der Waals surface area (Å²) >= 11 is -2.13. The number of hydrogen-bond acceptors (Lipinski definition) is 5. The smallest absolute Gasteiger partial charge is 0.182 e. The molecule has 0 heterocycles. The number of anilines is 1. The number of nitrogen functional groups attached to an aromatic ring is 1. The zero-order valence-corrected chi connectivity index (χ0v) is 24.9. The van der Waals surface area contributed by atoms with Gasteiger partial charge in [0, 0.05) is 22.4 Å². The molecule has 2 N–H and O–H groups in total. The molecule has 0 aromatic heterocycles. The molecule has 0 saturated heterocycles. The minimum absolute atomic E-state index is 0.000799. The van der Waals surface area contributed by atoms with Crippen LogP contribution in [0.5, 0.6) is 0 Å². The van der Waals surface area contributed by atoms with E-state index in [0.717, 1.165) is 49.7 Å². The van der Waals surface area contributed by atoms with Crippen LogP contribution in [0.2, 0.25) is 0 Å². The number of allylic oxidation sites excluding steroid dienone is 4. The van der Waals surface area contributed by atoms with Crippen molar-refractivity contribution in [3.05, 3.63) is 53.1 Å². The summed E-state index contributed by atoms with van der Waals surface area (Å²) in [5.41, 5.74) is 9.24. The zero-order chi connectivity index (χ0) is 28.2. The third kappa shape index (κ3) is 9.30. The topological polar surface area (TPSA) is 100 Å². The van der Waals surface area contributed by atoms with Crippen LogP contribution in [0, 0.1) is 24.7 Å². The van der Waals surface area contributed by atoms with Gasteiger partial charge in [-0.05, 0) is 85.4 Å². The molecule has 1 aromatic carbocycles. The first-order valence-electron chi connectivity index (χ1n) is 14.5. The highest BCUT2D eigenvalue weighted by Gasteiger charge is 2.34. The van der Waals surface area contributed by atoms with Gasteiger partial charge in [-0.1, -0.05) is 89.8 Å². The van der Waals surface area contributed by atoms with Crippen LogP contribution in [0.3, 0.4) is 0 Å². The normalized spacial score (nSPS) is 18.5. The number of nitrogens with two attached hydrogens (primary N) is 1. The van der Waals surface area contributed by atoms with Crippen molar-refractivity contribution in [2.75, 3.05) is 5.73 Å². The van der Waals surface area contributed by atoms with Gasteiger partial charge in [-0.25, -0.2) is 0 Å². The summed E-state index contributed by atoms with van der Waals surface area (Å²) in [6.07, 6.45) is 14.2. The highest BCUT2D eigenvalue weighted by molar-refractivity contribution is 7.79. The highest BCUT2D eigenvalue weighted by Crippen LogP contribution is 2.42. The third-order valence-corrected chi connectivity index (χ3v) is 9.44. The van der Waals surface area contributed by atoms with Crippen molar-refractivity contribution in [2.45, 2.75) is 110 Å². The number of aryl methyl sites for hydroxylation is 1. The monoisotopic (exact) mass is 542 g/mol. The van der Waals surface area contributed by atoms with E-state index in [4.69, 9.17) is 5.73 Å². The Morgan fingerprint density at radius 1 is 0.947 bits per heavy atom. The predicted octanol–water partition coefficient (Wildman–Crippen LogP) is 7.37. The summed E-state index contributed by atoms with van der Waals surface area (Å²) in [6, 6.07) is 5.72. The fourth-order valence-electron chi connectivity index (χ4n) is 5.96. The van der Waals surface area contributed by atoms with Gasteiger partial charge in [0.2, 0.25) is 0 Å². The molecule has 6 heteroatoms. The van der Waals surface area contributed by atoms with Crippen molar-refractivity contribution in [1.82, 2.24) is 0 Å². The van der Waals surface area contributed by atoms with E-state index < -0.39 is 11.1 Å². The van der Waals surface area contributed by atoms with Crippen molar-refractivity contribution in [2.24, 2.45) is 17.8 Å². The first-order valence-corrected chi connectivity index (χ1v) is 15.7. The molecule has 38 heavy (non-hydrogen) atoms. The van der Waals surface area contributed by atoms with Gasteiger partial charge in [0.15, 0.2) is 11.6 Å². The van der Waals surface area contributed by atoms with Crippen molar-refractivity contribution < 1.29 is 18.4 Å². The molecule has 0 spiro atoms. The zero-order valence-electron chi connectivity index (χ0n) is 24.0. The molecule has 0 aliphatic heterocycles. The first kappa shape index (κ1) is 32.2. The average Bonchev–Trinajstić information content (AvgIpc) is 2.87. The maximum absolute atomic E-state index is 13.0. The van der Waals surface area contributed by atoms with E-state index in [2.05, 4.69) is 27.7 Å². The van der Waals surface area contributed by atoms with E-state index in [-0.39, 0.29) is 40.5 Å². The number of benzene rings is 1. The average molecular weight is 543 g/mol. The molecule has 212 valence electrons. The molecule has 0 radical (unpaired) electrons. The molecule has 5 nitrogen and oxygen atoms in total. The summed E-state index contributed by atoms with van der Waals surface area (Å²) in [4.78, 5) is 25.3. The number of unbranched alkanes of at least 4 members (excludes halogenated alkanes) is 5. The second-order valence-corrected chi connectivity index (χ2v) is 12.4. The Morgan fingerprint density at radius 2 is 1.63 bits per heavy atom. The van der Waals surface area contributed by atoms with Gasteiger partial charge in [-0.2, -0.15) is 0 Å². The van der Waals surface area contributed by atoms with E-state index in [1.165, 1.54) is 37.5 Å². The van der Waals surface area contributed by atoms with Crippen molar-refractivity contribution in [3.63, 3.8) is 0 Å². The Hall–Kier alpha value is -2.05. The van der Waals surface area contributed by atoms with Crippen LogP contribution < -0.4 is 5.73 Å². The fraction of sp³-hybridized carbons (Fsp3) is 0.625. The van der Waals surface area contributed by atoms with E-state index in [1.54, 1.807) is 0 Å². The van der Waals surface area contributed by atoms with Crippen LogP contribution in [0.1, 0.15) is 109 Å². The van der Waals surface area contributed by atoms with Gasteiger partial charge in [-0.15, -0.1) is 0 Å². The predicted molar refractivity (Wildman–Crippen MR) is 158 cm³/mol. The fourth-order valence-corrected chi connectivity index (χ4v) is 6.88. The van der Waals surface area contributed by atoms with Crippen LogP contribution in [0.15, 0.2) is 42.0 Å². The van der Waals surface area contributed by atoms with Crippen LogP contribution in [-0.4, -0.2) is 25.6 Å². The van der Waals surface area contributed by atoms with Crippen LogP contribution in [-0.2, 0) is 20.7 Å². The Kier molecular flexibility index (Phi) is 13.7. The molecule has 0 amide bonds. The summed E-state index contributed by atoms with van der Waals surface area (Å²) in [7, 11) is 0.